The molecule has 168 valence electrons. The van der Waals surface area contributed by atoms with Crippen LogP contribution in [-0.4, -0.2) is 14.3 Å². The van der Waals surface area contributed by atoms with Gasteiger partial charge in [0.25, 0.3) is 15.9 Å². The molecule has 32 heavy (non-hydrogen) atoms. The molecular formula is C26H30N2O3S. The van der Waals surface area contributed by atoms with Gasteiger partial charge in [0, 0.05) is 5.56 Å². The molecule has 0 radical (unpaired) electrons. The van der Waals surface area contributed by atoms with Crippen LogP contribution in [0.5, 0.6) is 0 Å². The van der Waals surface area contributed by atoms with Crippen LogP contribution in [0.4, 0.5) is 5.69 Å². The zero-order chi connectivity index (χ0) is 23.5. The maximum absolute atomic E-state index is 13.0. The van der Waals surface area contributed by atoms with Crippen LogP contribution >= 0.6 is 0 Å². The summed E-state index contributed by atoms with van der Waals surface area (Å²) in [6, 6.07) is 21.2. The third kappa shape index (κ3) is 5.37. The Balaban J connectivity index is 1.78. The highest BCUT2D eigenvalue weighted by atomic mass is 32.2. The van der Waals surface area contributed by atoms with Crippen LogP contribution in [0.2, 0.25) is 0 Å². The van der Waals surface area contributed by atoms with Gasteiger partial charge in [-0.15, -0.1) is 0 Å². The van der Waals surface area contributed by atoms with Crippen LogP contribution in [0.25, 0.3) is 0 Å². The Morgan fingerprint density at radius 1 is 0.875 bits per heavy atom. The number of hydrogen-bond donors (Lipinski definition) is 2. The van der Waals surface area contributed by atoms with Crippen molar-refractivity contribution < 1.29 is 13.2 Å². The molecule has 0 aliphatic rings. The van der Waals surface area contributed by atoms with Gasteiger partial charge in [-0.1, -0.05) is 69.3 Å². The van der Waals surface area contributed by atoms with Gasteiger partial charge in [0.1, 0.15) is 0 Å². The van der Waals surface area contributed by atoms with E-state index in [0.717, 1.165) is 5.56 Å². The van der Waals surface area contributed by atoms with Crippen LogP contribution in [0.3, 0.4) is 0 Å². The second kappa shape index (κ2) is 9.17. The minimum atomic E-state index is -3.74. The van der Waals surface area contributed by atoms with Gasteiger partial charge in [0.15, 0.2) is 0 Å². The van der Waals surface area contributed by atoms with Crippen LogP contribution in [0.15, 0.2) is 77.7 Å². The van der Waals surface area contributed by atoms with E-state index in [1.54, 1.807) is 43.3 Å². The molecule has 3 rings (SSSR count). The summed E-state index contributed by atoms with van der Waals surface area (Å²) >= 11 is 0. The van der Waals surface area contributed by atoms with Gasteiger partial charge in [-0.25, -0.2) is 8.42 Å². The van der Waals surface area contributed by atoms with Gasteiger partial charge in [-0.2, -0.15) is 0 Å². The van der Waals surface area contributed by atoms with E-state index in [4.69, 9.17) is 0 Å². The number of sulfonamides is 1. The van der Waals surface area contributed by atoms with E-state index >= 15 is 0 Å². The molecule has 0 saturated heterocycles. The Bertz CT molecular complexity index is 1200. The van der Waals surface area contributed by atoms with Crippen molar-refractivity contribution in [1.29, 1.82) is 0 Å². The van der Waals surface area contributed by atoms with Crippen LogP contribution in [0, 0.1) is 6.92 Å². The molecule has 0 unspecified atom stereocenters. The van der Waals surface area contributed by atoms with Gasteiger partial charge >= 0.3 is 0 Å². The molecule has 3 aromatic rings. The van der Waals surface area contributed by atoms with E-state index in [1.807, 2.05) is 19.1 Å². The zero-order valence-corrected chi connectivity index (χ0v) is 20.0. The minimum Gasteiger partial charge on any atom is -0.346 e. The highest BCUT2D eigenvalue weighted by Gasteiger charge is 2.19. The van der Waals surface area contributed by atoms with Crippen LogP contribution in [-0.2, 0) is 15.4 Å². The van der Waals surface area contributed by atoms with Crippen molar-refractivity contribution in [3.8, 4) is 0 Å². The standard InChI is InChI=1S/C26H30N2O3S/c1-18-23(12-9-13-24(18)28-32(30,31)22-10-7-6-8-11-22)25(29)27-19(2)20-14-16-21(17-15-20)26(3,4)5/h6-17,19,28H,1-5H3,(H,27,29)/t19-/m1/s1. The largest absolute Gasteiger partial charge is 0.346 e. The summed E-state index contributed by atoms with van der Waals surface area (Å²) in [7, 11) is -3.74. The Hall–Kier alpha value is -3.12. The first-order chi connectivity index (χ1) is 15.0. The molecule has 6 heteroatoms. The first-order valence-electron chi connectivity index (χ1n) is 10.6. The predicted octanol–water partition coefficient (Wildman–Crippen LogP) is 5.58. The highest BCUT2D eigenvalue weighted by molar-refractivity contribution is 7.92. The van der Waals surface area contributed by atoms with Crippen LogP contribution in [0.1, 0.15) is 60.8 Å². The smallest absolute Gasteiger partial charge is 0.261 e. The van der Waals surface area contributed by atoms with E-state index < -0.39 is 10.0 Å². The maximum Gasteiger partial charge on any atom is 0.261 e. The molecule has 0 aliphatic carbocycles. The number of hydrogen-bond acceptors (Lipinski definition) is 3. The van der Waals surface area contributed by atoms with E-state index in [2.05, 4.69) is 42.9 Å². The van der Waals surface area contributed by atoms with Crippen LogP contribution < -0.4 is 10.0 Å². The number of amides is 1. The monoisotopic (exact) mass is 450 g/mol. The second-order valence-corrected chi connectivity index (χ2v) is 10.6. The molecule has 0 spiro atoms. The fourth-order valence-corrected chi connectivity index (χ4v) is 4.57. The SMILES string of the molecule is Cc1c(NS(=O)(=O)c2ccccc2)cccc1C(=O)N[C@H](C)c1ccc(C(C)(C)C)cc1. The highest BCUT2D eigenvalue weighted by Crippen LogP contribution is 2.25. The molecule has 0 fully saturated rings. The lowest BCUT2D eigenvalue weighted by atomic mass is 9.86. The second-order valence-electron chi connectivity index (χ2n) is 8.96. The average Bonchev–Trinajstić information content (AvgIpc) is 2.75. The van der Waals surface area contributed by atoms with Crippen molar-refractivity contribution >= 4 is 21.6 Å². The fraction of sp³-hybridized carbons (Fsp3) is 0.269. The quantitative estimate of drug-likeness (QED) is 0.514. The summed E-state index contributed by atoms with van der Waals surface area (Å²) in [6.07, 6.45) is 0. The average molecular weight is 451 g/mol. The lowest BCUT2D eigenvalue weighted by Gasteiger charge is -2.21. The zero-order valence-electron chi connectivity index (χ0n) is 19.1. The predicted molar refractivity (Wildman–Crippen MR) is 129 cm³/mol. The van der Waals surface area contributed by atoms with Crippen molar-refractivity contribution in [3.05, 3.63) is 95.1 Å². The van der Waals surface area contributed by atoms with E-state index in [0.29, 0.717) is 16.8 Å². The number of anilines is 1. The number of rotatable bonds is 6. The Kier molecular flexibility index (Phi) is 6.74. The summed E-state index contributed by atoms with van der Waals surface area (Å²) in [6.45, 7) is 10.2. The van der Waals surface area contributed by atoms with Gasteiger partial charge in [-0.05, 0) is 60.2 Å². The van der Waals surface area contributed by atoms with Gasteiger partial charge < -0.3 is 5.32 Å². The molecule has 1 amide bonds. The molecule has 0 saturated carbocycles. The minimum absolute atomic E-state index is 0.0651. The Morgan fingerprint density at radius 2 is 1.50 bits per heavy atom. The fourth-order valence-electron chi connectivity index (χ4n) is 3.43. The normalized spacial score (nSPS) is 12.8. The van der Waals surface area contributed by atoms with Crippen molar-refractivity contribution in [1.82, 2.24) is 5.32 Å². The molecule has 0 heterocycles. The number of nitrogens with one attached hydrogen (secondary N) is 2. The van der Waals surface area contributed by atoms with Gasteiger partial charge in [-0.3, -0.25) is 9.52 Å². The Labute approximate surface area is 190 Å². The first kappa shape index (κ1) is 23.5. The number of carbonyl (C=O) groups is 1. The Morgan fingerprint density at radius 3 is 2.09 bits per heavy atom. The molecular weight excluding hydrogens is 420 g/mol. The molecule has 3 aromatic carbocycles. The molecule has 0 aromatic heterocycles. The topological polar surface area (TPSA) is 75.3 Å². The third-order valence-electron chi connectivity index (χ3n) is 5.50. The van der Waals surface area contributed by atoms with E-state index in [1.165, 1.54) is 17.7 Å². The van der Waals surface area contributed by atoms with Crippen molar-refractivity contribution in [2.24, 2.45) is 0 Å². The van der Waals surface area contributed by atoms with Gasteiger partial charge in [0.2, 0.25) is 0 Å². The third-order valence-corrected chi connectivity index (χ3v) is 6.88. The van der Waals surface area contributed by atoms with E-state index in [9.17, 15) is 13.2 Å². The molecule has 1 atom stereocenters. The lowest BCUT2D eigenvalue weighted by Crippen LogP contribution is -2.27. The number of carbonyl (C=O) groups excluding carboxylic acids is 1. The molecule has 0 bridgehead atoms. The van der Waals surface area contributed by atoms with Crippen molar-refractivity contribution in [3.63, 3.8) is 0 Å². The lowest BCUT2D eigenvalue weighted by molar-refractivity contribution is 0.0939. The first-order valence-corrected chi connectivity index (χ1v) is 12.1. The summed E-state index contributed by atoms with van der Waals surface area (Å²) in [4.78, 5) is 13.1. The van der Waals surface area contributed by atoms with Gasteiger partial charge in [0.05, 0.1) is 16.6 Å². The summed E-state index contributed by atoms with van der Waals surface area (Å²) in [5.41, 5.74) is 3.68. The van der Waals surface area contributed by atoms with Crippen molar-refractivity contribution in [2.45, 2.75) is 51.0 Å². The summed E-state index contributed by atoms with van der Waals surface area (Å²) in [5, 5.41) is 3.02. The summed E-state index contributed by atoms with van der Waals surface area (Å²) < 4.78 is 28.0. The molecule has 0 aliphatic heterocycles. The number of benzene rings is 3. The van der Waals surface area contributed by atoms with Crippen molar-refractivity contribution in [2.75, 3.05) is 4.72 Å². The molecule has 5 nitrogen and oxygen atoms in total. The van der Waals surface area contributed by atoms with E-state index in [-0.39, 0.29) is 22.3 Å². The maximum atomic E-state index is 13.0. The molecule has 2 N–H and O–H groups in total. The summed E-state index contributed by atoms with van der Waals surface area (Å²) in [5.74, 6) is -0.254.